The number of hydrogen-bond donors (Lipinski definition) is 1. The zero-order valence-electron chi connectivity index (χ0n) is 20.7. The summed E-state index contributed by atoms with van der Waals surface area (Å²) in [6.07, 6.45) is 1.82. The Labute approximate surface area is 203 Å². The lowest BCUT2D eigenvalue weighted by Crippen LogP contribution is -2.54. The summed E-state index contributed by atoms with van der Waals surface area (Å²) < 4.78 is 5.92. The number of anilines is 1. The summed E-state index contributed by atoms with van der Waals surface area (Å²) in [4.78, 5) is 21.6. The van der Waals surface area contributed by atoms with E-state index < -0.39 is 0 Å². The number of fused-ring (bicyclic) bond motifs is 1. The van der Waals surface area contributed by atoms with E-state index in [-0.39, 0.29) is 6.10 Å². The molecule has 2 fully saturated rings. The Morgan fingerprint density at radius 3 is 2.71 bits per heavy atom. The molecule has 0 bridgehead atoms. The summed E-state index contributed by atoms with van der Waals surface area (Å²) in [6.45, 7) is 17.0. The van der Waals surface area contributed by atoms with E-state index in [2.05, 4.69) is 55.1 Å². The molecule has 0 spiro atoms. The Hall–Kier alpha value is -2.55. The standard InChI is InChI=1S/C26H37N7O/c1-19(2)34-22-5-4-21-16-28-26(23(21)14-22)24-15-25(30-18-29-24)33-13-12-32(20(3)17-33)11-10-31-8-6-27-7-9-31/h4-5,14-15,18-20,27H,6-13,16-17H2,1-3H3/t20-/m0/s1. The van der Waals surface area contributed by atoms with Gasteiger partial charge in [0, 0.05) is 76.6 Å². The second-order valence-electron chi connectivity index (χ2n) is 9.83. The lowest BCUT2D eigenvalue weighted by atomic mass is 10.0. The van der Waals surface area contributed by atoms with Gasteiger partial charge in [-0.1, -0.05) is 6.07 Å². The van der Waals surface area contributed by atoms with E-state index in [1.54, 1.807) is 6.33 Å². The van der Waals surface area contributed by atoms with Crippen LogP contribution in [0.15, 0.2) is 35.6 Å². The minimum absolute atomic E-state index is 0.142. The number of hydrogen-bond acceptors (Lipinski definition) is 8. The number of ether oxygens (including phenoxy) is 1. The van der Waals surface area contributed by atoms with Gasteiger partial charge in [-0.3, -0.25) is 14.8 Å². The Bertz CT molecular complexity index is 1020. The van der Waals surface area contributed by atoms with Crippen molar-refractivity contribution in [2.75, 3.05) is 63.8 Å². The summed E-state index contributed by atoms with van der Waals surface area (Å²) in [7, 11) is 0. The summed E-state index contributed by atoms with van der Waals surface area (Å²) in [5.74, 6) is 1.87. The van der Waals surface area contributed by atoms with Gasteiger partial charge in [-0.15, -0.1) is 0 Å². The monoisotopic (exact) mass is 463 g/mol. The van der Waals surface area contributed by atoms with Crippen LogP contribution in [0.5, 0.6) is 5.75 Å². The maximum absolute atomic E-state index is 5.92. The van der Waals surface area contributed by atoms with Crippen LogP contribution >= 0.6 is 0 Å². The molecule has 0 aliphatic carbocycles. The number of benzene rings is 1. The normalized spacial score (nSPS) is 21.6. The molecule has 0 saturated carbocycles. The minimum Gasteiger partial charge on any atom is -0.491 e. The highest BCUT2D eigenvalue weighted by Gasteiger charge is 2.26. The molecule has 182 valence electrons. The van der Waals surface area contributed by atoms with Gasteiger partial charge in [0.25, 0.3) is 0 Å². The Morgan fingerprint density at radius 2 is 1.91 bits per heavy atom. The molecule has 0 amide bonds. The molecule has 2 saturated heterocycles. The molecule has 2 aromatic rings. The topological polar surface area (TPSA) is 69.1 Å². The second kappa shape index (κ2) is 10.4. The fraction of sp³-hybridized carbons (Fsp3) is 0.577. The van der Waals surface area contributed by atoms with Gasteiger partial charge in [0.2, 0.25) is 0 Å². The molecule has 0 unspecified atom stereocenters. The number of piperazine rings is 2. The van der Waals surface area contributed by atoms with Crippen molar-refractivity contribution < 1.29 is 4.74 Å². The Balaban J connectivity index is 1.24. The second-order valence-corrected chi connectivity index (χ2v) is 9.83. The lowest BCUT2D eigenvalue weighted by molar-refractivity contribution is 0.148. The van der Waals surface area contributed by atoms with Crippen molar-refractivity contribution in [2.24, 2.45) is 4.99 Å². The third kappa shape index (κ3) is 5.24. The quantitative estimate of drug-likeness (QED) is 0.674. The van der Waals surface area contributed by atoms with Crippen molar-refractivity contribution >= 4 is 11.5 Å². The zero-order valence-corrected chi connectivity index (χ0v) is 20.7. The van der Waals surface area contributed by atoms with Crippen LogP contribution in [0.2, 0.25) is 0 Å². The average Bonchev–Trinajstić information content (AvgIpc) is 3.27. The molecule has 1 aromatic heterocycles. The van der Waals surface area contributed by atoms with Gasteiger partial charge in [-0.25, -0.2) is 9.97 Å². The van der Waals surface area contributed by atoms with Gasteiger partial charge in [0.05, 0.1) is 24.1 Å². The molecule has 1 atom stereocenters. The first kappa shape index (κ1) is 23.2. The Kier molecular flexibility index (Phi) is 7.08. The van der Waals surface area contributed by atoms with Gasteiger partial charge in [0.1, 0.15) is 17.9 Å². The molecule has 8 heteroatoms. The summed E-state index contributed by atoms with van der Waals surface area (Å²) in [5.41, 5.74) is 4.17. The van der Waals surface area contributed by atoms with E-state index in [9.17, 15) is 0 Å². The number of aliphatic imine (C=N–C) groups is 1. The molecule has 34 heavy (non-hydrogen) atoms. The summed E-state index contributed by atoms with van der Waals surface area (Å²) >= 11 is 0. The highest BCUT2D eigenvalue weighted by Crippen LogP contribution is 2.28. The van der Waals surface area contributed by atoms with Crippen LogP contribution in [0.1, 0.15) is 37.6 Å². The van der Waals surface area contributed by atoms with Crippen LogP contribution in [-0.2, 0) is 6.54 Å². The highest BCUT2D eigenvalue weighted by molar-refractivity contribution is 6.14. The molecule has 5 rings (SSSR count). The van der Waals surface area contributed by atoms with Gasteiger partial charge in [-0.2, -0.15) is 0 Å². The SMILES string of the molecule is CC(C)Oc1ccc2c(c1)C(c1cc(N3CCN(CCN4CCNCC4)[C@@H](C)C3)ncn1)=NC2. The van der Waals surface area contributed by atoms with Crippen LogP contribution in [0.25, 0.3) is 0 Å². The van der Waals surface area contributed by atoms with Crippen molar-refractivity contribution in [3.05, 3.63) is 47.4 Å². The van der Waals surface area contributed by atoms with E-state index in [1.807, 2.05) is 19.9 Å². The van der Waals surface area contributed by atoms with Gasteiger partial charge in [-0.05, 0) is 38.5 Å². The van der Waals surface area contributed by atoms with E-state index >= 15 is 0 Å². The molecule has 1 aromatic carbocycles. The number of nitrogens with zero attached hydrogens (tertiary/aromatic N) is 6. The van der Waals surface area contributed by atoms with Crippen molar-refractivity contribution in [3.63, 3.8) is 0 Å². The molecule has 3 aliphatic heterocycles. The van der Waals surface area contributed by atoms with Crippen LogP contribution < -0.4 is 15.0 Å². The average molecular weight is 464 g/mol. The van der Waals surface area contributed by atoms with E-state index in [4.69, 9.17) is 9.73 Å². The first-order chi connectivity index (χ1) is 16.6. The van der Waals surface area contributed by atoms with Gasteiger partial charge >= 0.3 is 0 Å². The van der Waals surface area contributed by atoms with Crippen molar-refractivity contribution in [1.29, 1.82) is 0 Å². The van der Waals surface area contributed by atoms with E-state index in [0.29, 0.717) is 12.6 Å². The van der Waals surface area contributed by atoms with Crippen LogP contribution in [0.4, 0.5) is 5.82 Å². The lowest BCUT2D eigenvalue weighted by Gasteiger charge is -2.41. The number of aromatic nitrogens is 2. The molecule has 1 N–H and O–H groups in total. The third-order valence-corrected chi connectivity index (χ3v) is 7.01. The van der Waals surface area contributed by atoms with Crippen LogP contribution in [-0.4, -0.2) is 96.5 Å². The van der Waals surface area contributed by atoms with Crippen molar-refractivity contribution in [3.8, 4) is 5.75 Å². The molecular formula is C26H37N7O. The largest absolute Gasteiger partial charge is 0.491 e. The number of nitrogens with one attached hydrogen (secondary N) is 1. The van der Waals surface area contributed by atoms with Crippen molar-refractivity contribution in [2.45, 2.75) is 39.5 Å². The maximum Gasteiger partial charge on any atom is 0.132 e. The predicted molar refractivity (Wildman–Crippen MR) is 136 cm³/mol. The number of rotatable bonds is 7. The third-order valence-electron chi connectivity index (χ3n) is 7.01. The molecule has 0 radical (unpaired) electrons. The summed E-state index contributed by atoms with van der Waals surface area (Å²) in [5, 5.41) is 3.44. The van der Waals surface area contributed by atoms with Gasteiger partial charge in [0.15, 0.2) is 0 Å². The molecule has 8 nitrogen and oxygen atoms in total. The maximum atomic E-state index is 5.92. The van der Waals surface area contributed by atoms with Crippen LogP contribution in [0.3, 0.4) is 0 Å². The molecular weight excluding hydrogens is 426 g/mol. The van der Waals surface area contributed by atoms with E-state index in [0.717, 1.165) is 87.4 Å². The smallest absolute Gasteiger partial charge is 0.132 e. The Morgan fingerprint density at radius 1 is 1.06 bits per heavy atom. The van der Waals surface area contributed by atoms with Crippen LogP contribution in [0, 0.1) is 0 Å². The molecule has 3 aliphatic rings. The summed E-state index contributed by atoms with van der Waals surface area (Å²) in [6, 6.07) is 8.85. The molecule has 4 heterocycles. The van der Waals surface area contributed by atoms with E-state index in [1.165, 1.54) is 5.56 Å². The minimum atomic E-state index is 0.142. The fourth-order valence-electron chi connectivity index (χ4n) is 5.12. The van der Waals surface area contributed by atoms with Crippen molar-refractivity contribution in [1.82, 2.24) is 25.1 Å². The van der Waals surface area contributed by atoms with Gasteiger partial charge < -0.3 is 15.0 Å². The predicted octanol–water partition coefficient (Wildman–Crippen LogP) is 2.03. The fourth-order valence-corrected chi connectivity index (χ4v) is 5.12. The first-order valence-electron chi connectivity index (χ1n) is 12.7. The first-order valence-corrected chi connectivity index (χ1v) is 12.7. The zero-order chi connectivity index (χ0) is 23.5. The highest BCUT2D eigenvalue weighted by atomic mass is 16.5.